The molecule has 192 valence electrons. The Bertz CT molecular complexity index is 1080. The Morgan fingerprint density at radius 3 is 2.46 bits per heavy atom. The standard InChI is InChI=1S/C26H41N7O2/c1-15(34)29-20-12-16(31-26(5,6)7)8-9-17(20)18-10-11-19(23(18)35)30-24-28-14-27-22-13-21(25(2,3)4)32-33(22)24/h13-14,16-20,31H,8-12H2,1-7H3,(H,29,34)(H,27,28,30)/t16-,17-,18?,19?,20-/m1/s1. The van der Waals surface area contributed by atoms with E-state index in [0.29, 0.717) is 17.6 Å². The van der Waals surface area contributed by atoms with Crippen LogP contribution in [0.3, 0.4) is 0 Å². The molecule has 9 heteroatoms. The average Bonchev–Trinajstić information content (AvgIpc) is 3.32. The van der Waals surface area contributed by atoms with E-state index >= 15 is 0 Å². The van der Waals surface area contributed by atoms with Crippen LogP contribution >= 0.6 is 0 Å². The van der Waals surface area contributed by atoms with Gasteiger partial charge in [0.2, 0.25) is 11.9 Å². The van der Waals surface area contributed by atoms with E-state index in [-0.39, 0.29) is 46.6 Å². The van der Waals surface area contributed by atoms with Gasteiger partial charge in [0.25, 0.3) is 0 Å². The molecule has 2 saturated carbocycles. The quantitative estimate of drug-likeness (QED) is 0.598. The second-order valence-corrected chi connectivity index (χ2v) is 12.4. The molecule has 5 atom stereocenters. The molecule has 2 aliphatic carbocycles. The number of fused-ring (bicyclic) bond motifs is 1. The van der Waals surface area contributed by atoms with Gasteiger partial charge in [0.05, 0.1) is 11.7 Å². The Hall–Kier alpha value is -2.55. The maximum atomic E-state index is 13.6. The molecule has 4 rings (SSSR count). The first-order valence-electron chi connectivity index (χ1n) is 12.9. The molecule has 0 aromatic carbocycles. The van der Waals surface area contributed by atoms with Crippen molar-refractivity contribution in [1.82, 2.24) is 30.2 Å². The lowest BCUT2D eigenvalue weighted by atomic mass is 9.73. The predicted octanol–water partition coefficient (Wildman–Crippen LogP) is 3.24. The molecule has 0 bridgehead atoms. The van der Waals surface area contributed by atoms with Gasteiger partial charge in [-0.25, -0.2) is 9.97 Å². The van der Waals surface area contributed by atoms with Crippen LogP contribution in [0.5, 0.6) is 0 Å². The SMILES string of the molecule is CC(=O)N[C@@H]1C[C@H](NC(C)(C)C)CC[C@@H]1C1CCC(Nc2ncnc3cc(C(C)(C)C)nn23)C1=O. The van der Waals surface area contributed by atoms with Crippen LogP contribution in [-0.2, 0) is 15.0 Å². The molecule has 35 heavy (non-hydrogen) atoms. The van der Waals surface area contributed by atoms with E-state index in [2.05, 4.69) is 67.5 Å². The highest BCUT2D eigenvalue weighted by Gasteiger charge is 2.45. The lowest BCUT2D eigenvalue weighted by Crippen LogP contribution is -2.54. The summed E-state index contributed by atoms with van der Waals surface area (Å²) in [6.45, 7) is 14.4. The average molecular weight is 484 g/mol. The Balaban J connectivity index is 1.49. The first-order valence-corrected chi connectivity index (χ1v) is 12.9. The largest absolute Gasteiger partial charge is 0.353 e. The van der Waals surface area contributed by atoms with Crippen LogP contribution in [0.1, 0.15) is 86.3 Å². The summed E-state index contributed by atoms with van der Waals surface area (Å²) in [7, 11) is 0. The lowest BCUT2D eigenvalue weighted by Gasteiger charge is -2.41. The summed E-state index contributed by atoms with van der Waals surface area (Å²) in [6, 6.07) is 1.98. The zero-order valence-electron chi connectivity index (χ0n) is 22.2. The lowest BCUT2D eigenvalue weighted by molar-refractivity contribution is -0.125. The van der Waals surface area contributed by atoms with Crippen LogP contribution in [0.2, 0.25) is 0 Å². The van der Waals surface area contributed by atoms with Gasteiger partial charge in [0.1, 0.15) is 6.33 Å². The van der Waals surface area contributed by atoms with Gasteiger partial charge in [-0.15, -0.1) is 0 Å². The third-order valence-electron chi connectivity index (χ3n) is 7.25. The van der Waals surface area contributed by atoms with Gasteiger partial charge in [0.15, 0.2) is 11.4 Å². The first kappa shape index (κ1) is 25.5. The molecule has 2 aromatic rings. The fourth-order valence-corrected chi connectivity index (χ4v) is 5.74. The van der Waals surface area contributed by atoms with Gasteiger partial charge < -0.3 is 16.0 Å². The minimum absolute atomic E-state index is 0.0000151. The highest BCUT2D eigenvalue weighted by molar-refractivity contribution is 5.91. The van der Waals surface area contributed by atoms with Gasteiger partial charge in [-0.05, 0) is 58.8 Å². The number of carbonyl (C=O) groups excluding carboxylic acids is 2. The number of anilines is 1. The van der Waals surface area contributed by atoms with Gasteiger partial charge in [-0.1, -0.05) is 20.8 Å². The molecule has 0 aliphatic heterocycles. The number of nitrogens with one attached hydrogen (secondary N) is 3. The summed E-state index contributed by atoms with van der Waals surface area (Å²) < 4.78 is 1.70. The number of hydrogen-bond donors (Lipinski definition) is 3. The number of nitrogens with zero attached hydrogens (tertiary/aromatic N) is 4. The van der Waals surface area contributed by atoms with Crippen LogP contribution < -0.4 is 16.0 Å². The molecule has 2 heterocycles. The van der Waals surface area contributed by atoms with Crippen molar-refractivity contribution in [2.75, 3.05) is 5.32 Å². The molecule has 2 unspecified atom stereocenters. The van der Waals surface area contributed by atoms with Gasteiger partial charge >= 0.3 is 0 Å². The number of hydrogen-bond acceptors (Lipinski definition) is 7. The van der Waals surface area contributed by atoms with Crippen molar-refractivity contribution < 1.29 is 9.59 Å². The van der Waals surface area contributed by atoms with E-state index in [4.69, 9.17) is 5.10 Å². The summed E-state index contributed by atoms with van der Waals surface area (Å²) in [4.78, 5) is 34.3. The molecule has 3 N–H and O–H groups in total. The Morgan fingerprint density at radius 2 is 1.80 bits per heavy atom. The summed E-state index contributed by atoms with van der Waals surface area (Å²) in [5.41, 5.74) is 1.54. The summed E-state index contributed by atoms with van der Waals surface area (Å²) in [6.07, 6.45) is 5.85. The van der Waals surface area contributed by atoms with E-state index in [1.54, 1.807) is 11.4 Å². The molecule has 9 nitrogen and oxygen atoms in total. The van der Waals surface area contributed by atoms with E-state index < -0.39 is 0 Å². The maximum absolute atomic E-state index is 13.6. The zero-order valence-corrected chi connectivity index (χ0v) is 22.2. The maximum Gasteiger partial charge on any atom is 0.227 e. The molecule has 0 radical (unpaired) electrons. The Labute approximate surface area is 208 Å². The van der Waals surface area contributed by atoms with Crippen molar-refractivity contribution >= 4 is 23.3 Å². The second-order valence-electron chi connectivity index (χ2n) is 12.4. The highest BCUT2D eigenvalue weighted by Crippen LogP contribution is 2.39. The number of aromatic nitrogens is 4. The van der Waals surface area contributed by atoms with Crippen LogP contribution in [0, 0.1) is 11.8 Å². The van der Waals surface area contributed by atoms with Gasteiger partial charge in [-0.3, -0.25) is 9.59 Å². The summed E-state index contributed by atoms with van der Waals surface area (Å²) in [5.74, 6) is 0.802. The number of rotatable bonds is 5. The van der Waals surface area contributed by atoms with Crippen molar-refractivity contribution in [2.24, 2.45) is 11.8 Å². The Morgan fingerprint density at radius 1 is 1.06 bits per heavy atom. The van der Waals surface area contributed by atoms with E-state index in [1.165, 1.54) is 6.33 Å². The van der Waals surface area contributed by atoms with E-state index in [1.807, 2.05) is 6.07 Å². The molecule has 2 aliphatic rings. The van der Waals surface area contributed by atoms with E-state index in [0.717, 1.165) is 37.8 Å². The van der Waals surface area contributed by atoms with Crippen LogP contribution in [0.4, 0.5) is 5.95 Å². The molecule has 0 spiro atoms. The van der Waals surface area contributed by atoms with Crippen LogP contribution in [-0.4, -0.2) is 54.9 Å². The van der Waals surface area contributed by atoms with Crippen molar-refractivity contribution in [3.63, 3.8) is 0 Å². The number of Topliss-reactive ketones (excluding diaryl/α,β-unsaturated/α-hetero) is 1. The highest BCUT2D eigenvalue weighted by atomic mass is 16.1. The minimum Gasteiger partial charge on any atom is -0.353 e. The van der Waals surface area contributed by atoms with Crippen molar-refractivity contribution in [3.05, 3.63) is 18.1 Å². The smallest absolute Gasteiger partial charge is 0.227 e. The number of carbonyl (C=O) groups is 2. The van der Waals surface area contributed by atoms with E-state index in [9.17, 15) is 9.59 Å². The minimum atomic E-state index is -0.316. The third-order valence-corrected chi connectivity index (χ3v) is 7.25. The normalized spacial score (nSPS) is 27.9. The van der Waals surface area contributed by atoms with Crippen LogP contribution in [0.15, 0.2) is 12.4 Å². The second kappa shape index (κ2) is 9.48. The molecule has 2 aromatic heterocycles. The van der Waals surface area contributed by atoms with Crippen molar-refractivity contribution in [3.8, 4) is 0 Å². The van der Waals surface area contributed by atoms with Crippen molar-refractivity contribution in [2.45, 2.75) is 110 Å². The summed E-state index contributed by atoms with van der Waals surface area (Å²) in [5, 5.41) is 14.9. The Kier molecular flexibility index (Phi) is 6.92. The fraction of sp³-hybridized carbons (Fsp3) is 0.731. The molecular formula is C26H41N7O2. The predicted molar refractivity (Wildman–Crippen MR) is 136 cm³/mol. The molecule has 0 saturated heterocycles. The van der Waals surface area contributed by atoms with Crippen LogP contribution in [0.25, 0.3) is 5.65 Å². The molecule has 1 amide bonds. The van der Waals surface area contributed by atoms with Crippen molar-refractivity contribution in [1.29, 1.82) is 0 Å². The monoisotopic (exact) mass is 483 g/mol. The first-order chi connectivity index (χ1) is 16.3. The fourth-order valence-electron chi connectivity index (χ4n) is 5.74. The topological polar surface area (TPSA) is 113 Å². The zero-order chi connectivity index (χ0) is 25.5. The molecule has 2 fully saturated rings. The third kappa shape index (κ3) is 5.82. The molecular weight excluding hydrogens is 442 g/mol. The summed E-state index contributed by atoms with van der Waals surface area (Å²) >= 11 is 0. The number of amides is 1. The number of ketones is 1. The van der Waals surface area contributed by atoms with Gasteiger partial charge in [0, 0.05) is 41.9 Å². The van der Waals surface area contributed by atoms with Gasteiger partial charge in [-0.2, -0.15) is 9.61 Å².